The Hall–Kier alpha value is -2.19. The SMILES string of the molecule is COc1ccc(S(=O)(=O)CC2CC(C=O)S(=O)(=O)c3ccc(C)cc32)cc1. The number of benzene rings is 2. The first-order valence-corrected chi connectivity index (χ1v) is 11.6. The summed E-state index contributed by atoms with van der Waals surface area (Å²) in [5, 5.41) is -1.23. The molecule has 0 bridgehead atoms. The van der Waals surface area contributed by atoms with Gasteiger partial charge in [-0.1, -0.05) is 17.7 Å². The van der Waals surface area contributed by atoms with Gasteiger partial charge in [-0.2, -0.15) is 0 Å². The number of carbonyl (C=O) groups is 1. The van der Waals surface area contributed by atoms with E-state index in [2.05, 4.69) is 0 Å². The van der Waals surface area contributed by atoms with E-state index in [1.165, 1.54) is 25.3 Å². The van der Waals surface area contributed by atoms with Crippen LogP contribution in [0.5, 0.6) is 5.75 Å². The normalized spacial score (nSPS) is 21.3. The lowest BCUT2D eigenvalue weighted by molar-refractivity contribution is -0.107. The fourth-order valence-corrected chi connectivity index (χ4v) is 6.73. The summed E-state index contributed by atoms with van der Waals surface area (Å²) < 4.78 is 56.0. The molecule has 2 atom stereocenters. The number of methoxy groups -OCH3 is 1. The number of ether oxygens (including phenoxy) is 1. The van der Waals surface area contributed by atoms with Crippen molar-refractivity contribution in [3.05, 3.63) is 53.6 Å². The van der Waals surface area contributed by atoms with E-state index in [0.717, 1.165) is 5.56 Å². The van der Waals surface area contributed by atoms with Crippen LogP contribution in [0.25, 0.3) is 0 Å². The molecule has 2 unspecified atom stereocenters. The smallest absolute Gasteiger partial charge is 0.188 e. The Kier molecular flexibility index (Phi) is 5.14. The zero-order valence-electron chi connectivity index (χ0n) is 15.0. The van der Waals surface area contributed by atoms with Gasteiger partial charge in [-0.25, -0.2) is 16.8 Å². The summed E-state index contributed by atoms with van der Waals surface area (Å²) in [6.07, 6.45) is 0.350. The first kappa shape index (κ1) is 19.6. The Labute approximate surface area is 159 Å². The second kappa shape index (κ2) is 7.09. The van der Waals surface area contributed by atoms with E-state index < -0.39 is 30.8 Å². The molecule has 27 heavy (non-hydrogen) atoms. The second-order valence-electron chi connectivity index (χ2n) is 6.65. The fourth-order valence-electron chi connectivity index (χ4n) is 3.37. The number of sulfone groups is 2. The highest BCUT2D eigenvalue weighted by atomic mass is 32.2. The lowest BCUT2D eigenvalue weighted by Crippen LogP contribution is -2.34. The average molecular weight is 408 g/mol. The average Bonchev–Trinajstić information content (AvgIpc) is 2.63. The van der Waals surface area contributed by atoms with Crippen molar-refractivity contribution in [1.29, 1.82) is 0 Å². The van der Waals surface area contributed by atoms with Gasteiger partial charge in [-0.05, 0) is 49.2 Å². The Balaban J connectivity index is 2.03. The van der Waals surface area contributed by atoms with Crippen LogP contribution < -0.4 is 4.74 Å². The van der Waals surface area contributed by atoms with E-state index in [1.807, 2.05) is 6.92 Å². The summed E-state index contributed by atoms with van der Waals surface area (Å²) in [6, 6.07) is 10.8. The van der Waals surface area contributed by atoms with E-state index in [9.17, 15) is 21.6 Å². The molecule has 0 spiro atoms. The van der Waals surface area contributed by atoms with Gasteiger partial charge in [0.25, 0.3) is 0 Å². The van der Waals surface area contributed by atoms with Crippen molar-refractivity contribution in [2.75, 3.05) is 12.9 Å². The molecule has 0 saturated heterocycles. The molecular formula is C19H20O6S2. The van der Waals surface area contributed by atoms with Crippen LogP contribution in [-0.4, -0.2) is 41.2 Å². The number of aryl methyl sites for hydroxylation is 1. The predicted octanol–water partition coefficient (Wildman–Crippen LogP) is 2.31. The Morgan fingerprint density at radius 1 is 1.15 bits per heavy atom. The molecule has 2 aromatic rings. The van der Waals surface area contributed by atoms with Crippen molar-refractivity contribution in [3.63, 3.8) is 0 Å². The zero-order chi connectivity index (χ0) is 19.8. The molecule has 8 heteroatoms. The molecule has 6 nitrogen and oxygen atoms in total. The highest BCUT2D eigenvalue weighted by Gasteiger charge is 2.40. The van der Waals surface area contributed by atoms with Crippen LogP contribution in [0.15, 0.2) is 52.3 Å². The molecule has 2 aromatic carbocycles. The van der Waals surface area contributed by atoms with Crippen molar-refractivity contribution in [2.45, 2.75) is 34.3 Å². The highest BCUT2D eigenvalue weighted by molar-refractivity contribution is 7.93. The topological polar surface area (TPSA) is 94.6 Å². The van der Waals surface area contributed by atoms with Crippen molar-refractivity contribution in [1.82, 2.24) is 0 Å². The first-order chi connectivity index (χ1) is 12.7. The van der Waals surface area contributed by atoms with Gasteiger partial charge < -0.3 is 9.53 Å². The van der Waals surface area contributed by atoms with Crippen molar-refractivity contribution >= 4 is 26.0 Å². The summed E-state index contributed by atoms with van der Waals surface area (Å²) in [7, 11) is -5.98. The number of carbonyl (C=O) groups excluding carboxylic acids is 1. The van der Waals surface area contributed by atoms with Gasteiger partial charge in [0.1, 0.15) is 17.3 Å². The third kappa shape index (κ3) is 3.64. The third-order valence-electron chi connectivity index (χ3n) is 4.82. The molecule has 0 N–H and O–H groups in total. The van der Waals surface area contributed by atoms with Crippen LogP contribution in [0.2, 0.25) is 0 Å². The molecule has 0 radical (unpaired) electrons. The van der Waals surface area contributed by atoms with Crippen LogP contribution in [0.1, 0.15) is 23.5 Å². The summed E-state index contributed by atoms with van der Waals surface area (Å²) in [5.74, 6) is -0.305. The number of aldehydes is 1. The van der Waals surface area contributed by atoms with Crippen LogP contribution in [0, 0.1) is 6.92 Å². The summed E-state index contributed by atoms with van der Waals surface area (Å²) in [4.78, 5) is 11.5. The predicted molar refractivity (Wildman–Crippen MR) is 101 cm³/mol. The Morgan fingerprint density at radius 3 is 2.41 bits per heavy atom. The minimum atomic E-state index is -3.79. The first-order valence-electron chi connectivity index (χ1n) is 8.35. The molecule has 144 valence electrons. The maximum Gasteiger partial charge on any atom is 0.188 e. The summed E-state index contributed by atoms with van der Waals surface area (Å²) in [6.45, 7) is 1.81. The molecule has 0 aromatic heterocycles. The largest absolute Gasteiger partial charge is 0.497 e. The standard InChI is InChI=1S/C19H20O6S2/c1-13-3-8-19-18(9-13)14(10-17(11-20)27(19,23)24)12-26(21,22)16-6-4-15(25-2)5-7-16/h3-9,11,14,17H,10,12H2,1-2H3. The van der Waals surface area contributed by atoms with E-state index in [-0.39, 0.29) is 22.0 Å². The van der Waals surface area contributed by atoms with Crippen LogP contribution in [0.3, 0.4) is 0 Å². The quantitative estimate of drug-likeness (QED) is 0.705. The molecular weight excluding hydrogens is 388 g/mol. The van der Waals surface area contributed by atoms with Crippen molar-refractivity contribution < 1.29 is 26.4 Å². The minimum absolute atomic E-state index is 0.0440. The minimum Gasteiger partial charge on any atom is -0.497 e. The van der Waals surface area contributed by atoms with Gasteiger partial charge in [0, 0.05) is 5.92 Å². The summed E-state index contributed by atoms with van der Waals surface area (Å²) in [5.41, 5.74) is 1.30. The maximum absolute atomic E-state index is 12.9. The molecule has 0 aliphatic carbocycles. The van der Waals surface area contributed by atoms with Crippen molar-refractivity contribution in [3.8, 4) is 5.75 Å². The molecule has 1 aliphatic heterocycles. The van der Waals surface area contributed by atoms with E-state index in [0.29, 0.717) is 17.6 Å². The zero-order valence-corrected chi connectivity index (χ0v) is 16.6. The van der Waals surface area contributed by atoms with Crippen LogP contribution in [-0.2, 0) is 24.5 Å². The van der Waals surface area contributed by atoms with E-state index in [1.54, 1.807) is 24.3 Å². The van der Waals surface area contributed by atoms with Gasteiger partial charge in [0.05, 0.1) is 22.7 Å². The number of hydrogen-bond acceptors (Lipinski definition) is 6. The lowest BCUT2D eigenvalue weighted by atomic mass is 9.94. The maximum atomic E-state index is 12.9. The Morgan fingerprint density at radius 2 is 1.81 bits per heavy atom. The fraction of sp³-hybridized carbons (Fsp3) is 0.316. The number of fused-ring (bicyclic) bond motifs is 1. The third-order valence-corrected chi connectivity index (χ3v) is 8.74. The van der Waals surface area contributed by atoms with Crippen LogP contribution >= 0.6 is 0 Å². The summed E-state index contributed by atoms with van der Waals surface area (Å²) >= 11 is 0. The number of rotatable bonds is 5. The molecule has 1 heterocycles. The van der Waals surface area contributed by atoms with E-state index in [4.69, 9.17) is 4.74 Å². The molecule has 0 saturated carbocycles. The van der Waals surface area contributed by atoms with Gasteiger partial charge in [0.15, 0.2) is 19.7 Å². The number of hydrogen-bond donors (Lipinski definition) is 0. The highest BCUT2D eigenvalue weighted by Crippen LogP contribution is 2.39. The van der Waals surface area contributed by atoms with Gasteiger partial charge >= 0.3 is 0 Å². The van der Waals surface area contributed by atoms with Crippen LogP contribution in [0.4, 0.5) is 0 Å². The van der Waals surface area contributed by atoms with Crippen molar-refractivity contribution in [2.24, 2.45) is 0 Å². The lowest BCUT2D eigenvalue weighted by Gasteiger charge is -2.29. The molecule has 1 aliphatic rings. The van der Waals surface area contributed by atoms with Gasteiger partial charge in [-0.15, -0.1) is 0 Å². The second-order valence-corrected chi connectivity index (χ2v) is 10.8. The molecule has 0 amide bonds. The molecule has 0 fully saturated rings. The van der Waals surface area contributed by atoms with E-state index >= 15 is 0 Å². The Bertz CT molecular complexity index is 1070. The molecule has 3 rings (SSSR count). The van der Waals surface area contributed by atoms with Gasteiger partial charge in [0.2, 0.25) is 0 Å². The monoisotopic (exact) mass is 408 g/mol. The van der Waals surface area contributed by atoms with Gasteiger partial charge in [-0.3, -0.25) is 0 Å².